The van der Waals surface area contributed by atoms with Crippen molar-refractivity contribution in [1.29, 1.82) is 0 Å². The molecule has 3 aromatic rings. The summed E-state index contributed by atoms with van der Waals surface area (Å²) in [5.41, 5.74) is 3.92. The lowest BCUT2D eigenvalue weighted by Gasteiger charge is -2.02. The third kappa shape index (κ3) is 2.92. The largest absolute Gasteiger partial charge is 0.236 e. The smallest absolute Gasteiger partial charge is 0.124 e. The van der Waals surface area contributed by atoms with Gasteiger partial charge in [-0.25, -0.2) is 9.37 Å². The number of halogens is 2. The van der Waals surface area contributed by atoms with Crippen molar-refractivity contribution in [2.45, 2.75) is 13.8 Å². The molecule has 0 amide bonds. The summed E-state index contributed by atoms with van der Waals surface area (Å²) in [6.07, 6.45) is 0. The highest BCUT2D eigenvalue weighted by atomic mass is 79.9. The van der Waals surface area contributed by atoms with Crippen molar-refractivity contribution in [3.8, 4) is 21.8 Å². The zero-order valence-electron chi connectivity index (χ0n) is 11.7. The van der Waals surface area contributed by atoms with E-state index in [1.165, 1.54) is 6.07 Å². The Kier molecular flexibility index (Phi) is 3.91. The minimum atomic E-state index is -0.229. The van der Waals surface area contributed by atoms with E-state index >= 15 is 0 Å². The quantitative estimate of drug-likeness (QED) is 0.545. The molecular formula is C17H13BrFNS. The molecule has 1 heterocycles. The van der Waals surface area contributed by atoms with Gasteiger partial charge in [0.1, 0.15) is 10.8 Å². The van der Waals surface area contributed by atoms with Crippen molar-refractivity contribution < 1.29 is 4.39 Å². The van der Waals surface area contributed by atoms with Crippen molar-refractivity contribution in [3.63, 3.8) is 0 Å². The zero-order valence-corrected chi connectivity index (χ0v) is 14.1. The number of benzene rings is 2. The van der Waals surface area contributed by atoms with Crippen molar-refractivity contribution in [2.75, 3.05) is 0 Å². The zero-order chi connectivity index (χ0) is 15.0. The lowest BCUT2D eigenvalue weighted by atomic mass is 10.1. The van der Waals surface area contributed by atoms with E-state index in [1.807, 2.05) is 38.1 Å². The fourth-order valence-corrected chi connectivity index (χ4v) is 3.66. The summed E-state index contributed by atoms with van der Waals surface area (Å²) in [7, 11) is 0. The third-order valence-electron chi connectivity index (χ3n) is 3.32. The van der Waals surface area contributed by atoms with Gasteiger partial charge in [0.05, 0.1) is 5.69 Å². The topological polar surface area (TPSA) is 12.9 Å². The Morgan fingerprint density at radius 1 is 1.10 bits per heavy atom. The molecule has 0 bridgehead atoms. The van der Waals surface area contributed by atoms with Gasteiger partial charge in [-0.05, 0) is 43.7 Å². The molecule has 21 heavy (non-hydrogen) atoms. The molecule has 0 atom stereocenters. The molecule has 0 spiro atoms. The summed E-state index contributed by atoms with van der Waals surface area (Å²) < 4.78 is 14.5. The maximum Gasteiger partial charge on any atom is 0.124 e. The highest BCUT2D eigenvalue weighted by Gasteiger charge is 2.13. The number of thiazole rings is 1. The Bertz CT molecular complexity index is 810. The predicted molar refractivity (Wildman–Crippen MR) is 90.1 cm³/mol. The summed E-state index contributed by atoms with van der Waals surface area (Å²) in [5.74, 6) is -0.229. The maximum absolute atomic E-state index is 13.5. The molecule has 0 saturated heterocycles. The van der Waals surface area contributed by atoms with Gasteiger partial charge in [0.2, 0.25) is 0 Å². The molecule has 0 radical (unpaired) electrons. The highest BCUT2D eigenvalue weighted by Crippen LogP contribution is 2.35. The van der Waals surface area contributed by atoms with Crippen LogP contribution in [0.3, 0.4) is 0 Å². The van der Waals surface area contributed by atoms with Gasteiger partial charge in [-0.2, -0.15) is 0 Å². The summed E-state index contributed by atoms with van der Waals surface area (Å²) in [6.45, 7) is 4.02. The molecule has 1 aromatic heterocycles. The van der Waals surface area contributed by atoms with Crippen molar-refractivity contribution in [3.05, 3.63) is 63.2 Å². The van der Waals surface area contributed by atoms with Crippen LogP contribution in [0.4, 0.5) is 4.39 Å². The van der Waals surface area contributed by atoms with Crippen LogP contribution in [0.25, 0.3) is 21.8 Å². The second kappa shape index (κ2) is 5.70. The minimum Gasteiger partial charge on any atom is -0.236 e. The van der Waals surface area contributed by atoms with Crippen LogP contribution in [-0.2, 0) is 0 Å². The fraction of sp³-hybridized carbons (Fsp3) is 0.118. The lowest BCUT2D eigenvalue weighted by molar-refractivity contribution is 0.628. The van der Waals surface area contributed by atoms with Gasteiger partial charge in [-0.3, -0.25) is 0 Å². The molecule has 0 aliphatic heterocycles. The highest BCUT2D eigenvalue weighted by molar-refractivity contribution is 9.10. The molecule has 0 aliphatic carbocycles. The van der Waals surface area contributed by atoms with E-state index in [4.69, 9.17) is 4.98 Å². The molecule has 3 rings (SSSR count). The van der Waals surface area contributed by atoms with Crippen LogP contribution in [0.1, 0.15) is 10.4 Å². The van der Waals surface area contributed by atoms with Crippen LogP contribution in [0.2, 0.25) is 0 Å². The monoisotopic (exact) mass is 361 g/mol. The number of aromatic nitrogens is 1. The second-order valence-corrected chi connectivity index (χ2v) is 7.01. The Balaban J connectivity index is 2.12. The Hall–Kier alpha value is -1.52. The first kappa shape index (κ1) is 14.4. The molecule has 0 aliphatic rings. The van der Waals surface area contributed by atoms with Gasteiger partial charge in [-0.1, -0.05) is 34.1 Å². The number of nitrogens with zero attached hydrogens (tertiary/aromatic N) is 1. The van der Waals surface area contributed by atoms with Crippen LogP contribution < -0.4 is 0 Å². The number of hydrogen-bond acceptors (Lipinski definition) is 2. The normalized spacial score (nSPS) is 10.9. The van der Waals surface area contributed by atoms with Crippen molar-refractivity contribution >= 4 is 27.3 Å². The average Bonchev–Trinajstić information content (AvgIpc) is 2.83. The summed E-state index contributed by atoms with van der Waals surface area (Å²) >= 11 is 5.08. The Morgan fingerprint density at radius 3 is 2.67 bits per heavy atom. The fourth-order valence-electron chi connectivity index (χ4n) is 2.24. The van der Waals surface area contributed by atoms with Crippen LogP contribution in [-0.4, -0.2) is 4.98 Å². The summed E-state index contributed by atoms with van der Waals surface area (Å²) in [4.78, 5) is 5.86. The molecule has 0 unspecified atom stereocenters. The number of aryl methyl sites for hydroxylation is 2. The first-order valence-electron chi connectivity index (χ1n) is 6.54. The van der Waals surface area contributed by atoms with Crippen LogP contribution in [0.15, 0.2) is 46.9 Å². The van der Waals surface area contributed by atoms with Gasteiger partial charge in [-0.15, -0.1) is 11.3 Å². The molecule has 0 fully saturated rings. The second-order valence-electron chi connectivity index (χ2n) is 4.89. The Morgan fingerprint density at radius 2 is 1.90 bits per heavy atom. The van der Waals surface area contributed by atoms with Crippen LogP contribution in [0.5, 0.6) is 0 Å². The van der Waals surface area contributed by atoms with Crippen LogP contribution >= 0.6 is 27.3 Å². The summed E-state index contributed by atoms with van der Waals surface area (Å²) in [5, 5.41) is 0.861. The molecule has 106 valence electrons. The molecule has 2 aromatic carbocycles. The average molecular weight is 362 g/mol. The standard InChI is InChI=1S/C17H13BrFNS/c1-10-6-7-14(19)9-15(10)17-20-16(11(2)21-17)12-4-3-5-13(18)8-12/h3-9H,1-2H3. The first-order chi connectivity index (χ1) is 10.0. The van der Waals surface area contributed by atoms with E-state index in [0.29, 0.717) is 0 Å². The third-order valence-corrected chi connectivity index (χ3v) is 4.82. The van der Waals surface area contributed by atoms with Gasteiger partial charge >= 0.3 is 0 Å². The van der Waals surface area contributed by atoms with E-state index < -0.39 is 0 Å². The first-order valence-corrected chi connectivity index (χ1v) is 8.15. The molecule has 1 nitrogen and oxygen atoms in total. The molecular weight excluding hydrogens is 349 g/mol. The van der Waals surface area contributed by atoms with Gasteiger partial charge < -0.3 is 0 Å². The van der Waals surface area contributed by atoms with E-state index in [-0.39, 0.29) is 5.82 Å². The minimum absolute atomic E-state index is 0.229. The van der Waals surface area contributed by atoms with Crippen molar-refractivity contribution in [1.82, 2.24) is 4.98 Å². The van der Waals surface area contributed by atoms with E-state index in [9.17, 15) is 4.39 Å². The van der Waals surface area contributed by atoms with Crippen molar-refractivity contribution in [2.24, 2.45) is 0 Å². The molecule has 0 saturated carbocycles. The summed E-state index contributed by atoms with van der Waals surface area (Å²) in [6, 6.07) is 12.9. The molecule has 4 heteroatoms. The Labute approximate surface area is 135 Å². The molecule has 0 N–H and O–H groups in total. The van der Waals surface area contributed by atoms with Gasteiger partial charge in [0.15, 0.2) is 0 Å². The lowest BCUT2D eigenvalue weighted by Crippen LogP contribution is -1.85. The maximum atomic E-state index is 13.5. The van der Waals surface area contributed by atoms with Gasteiger partial charge in [0, 0.05) is 20.5 Å². The van der Waals surface area contributed by atoms with Gasteiger partial charge in [0.25, 0.3) is 0 Å². The number of rotatable bonds is 2. The SMILES string of the molecule is Cc1ccc(F)cc1-c1nc(-c2cccc(Br)c2)c(C)s1. The van der Waals surface area contributed by atoms with E-state index in [2.05, 4.69) is 15.9 Å². The van der Waals surface area contributed by atoms with E-state index in [1.54, 1.807) is 23.5 Å². The number of hydrogen-bond donors (Lipinski definition) is 0. The van der Waals surface area contributed by atoms with E-state index in [0.717, 1.165) is 36.7 Å². The van der Waals surface area contributed by atoms with Crippen LogP contribution in [0, 0.1) is 19.7 Å². The predicted octanol–water partition coefficient (Wildman–Crippen LogP) is 6.00.